The molecular formula is C17H19ClO. The maximum atomic E-state index is 6.56. The lowest BCUT2D eigenvalue weighted by Gasteiger charge is -2.19. The van der Waals surface area contributed by atoms with Crippen LogP contribution in [0.15, 0.2) is 54.6 Å². The highest BCUT2D eigenvalue weighted by molar-refractivity contribution is 6.21. The summed E-state index contributed by atoms with van der Waals surface area (Å²) in [7, 11) is 1.71. The summed E-state index contributed by atoms with van der Waals surface area (Å²) in [5.74, 6) is 1.28. The molecule has 2 aromatic rings. The number of alkyl halides is 1. The Kier molecular flexibility index (Phi) is 4.86. The third-order valence-corrected chi connectivity index (χ3v) is 4.03. The molecule has 2 aromatic carbocycles. The standard InChI is InChI=1S/C17H19ClO/c1-13(17(18)14-8-4-3-5-9-14)12-15-10-6-7-11-16(15)19-2/h3-11,13,17H,12H2,1-2H3. The van der Waals surface area contributed by atoms with Crippen molar-refractivity contribution in [3.05, 3.63) is 65.7 Å². The number of para-hydroxylation sites is 1. The molecule has 0 saturated carbocycles. The second-order valence-corrected chi connectivity index (χ2v) is 5.28. The van der Waals surface area contributed by atoms with Gasteiger partial charge in [-0.15, -0.1) is 11.6 Å². The molecule has 2 unspecified atom stereocenters. The summed E-state index contributed by atoms with van der Waals surface area (Å²) in [4.78, 5) is 0. The first-order valence-electron chi connectivity index (χ1n) is 6.53. The fraction of sp³-hybridized carbons (Fsp3) is 0.294. The lowest BCUT2D eigenvalue weighted by molar-refractivity contribution is 0.405. The number of methoxy groups -OCH3 is 1. The summed E-state index contributed by atoms with van der Waals surface area (Å²) in [6.45, 7) is 2.18. The molecule has 0 bridgehead atoms. The highest BCUT2D eigenvalue weighted by atomic mass is 35.5. The molecule has 19 heavy (non-hydrogen) atoms. The van der Waals surface area contributed by atoms with E-state index in [0.717, 1.165) is 12.2 Å². The third kappa shape index (κ3) is 3.51. The Morgan fingerprint density at radius 3 is 2.32 bits per heavy atom. The highest BCUT2D eigenvalue weighted by Gasteiger charge is 2.18. The first-order valence-corrected chi connectivity index (χ1v) is 6.97. The highest BCUT2D eigenvalue weighted by Crippen LogP contribution is 2.32. The fourth-order valence-corrected chi connectivity index (χ4v) is 2.52. The van der Waals surface area contributed by atoms with Gasteiger partial charge in [-0.3, -0.25) is 0 Å². The number of hydrogen-bond donors (Lipinski definition) is 0. The van der Waals surface area contributed by atoms with E-state index >= 15 is 0 Å². The van der Waals surface area contributed by atoms with Crippen molar-refractivity contribution >= 4 is 11.6 Å². The van der Waals surface area contributed by atoms with Gasteiger partial charge in [0.25, 0.3) is 0 Å². The summed E-state index contributed by atoms with van der Waals surface area (Å²) in [5, 5.41) is 0.0195. The average Bonchev–Trinajstić information content (AvgIpc) is 2.48. The lowest BCUT2D eigenvalue weighted by atomic mass is 9.93. The molecule has 1 nitrogen and oxygen atoms in total. The van der Waals surface area contributed by atoms with Crippen LogP contribution in [0, 0.1) is 5.92 Å². The smallest absolute Gasteiger partial charge is 0.122 e. The second-order valence-electron chi connectivity index (χ2n) is 4.81. The first kappa shape index (κ1) is 14.0. The minimum absolute atomic E-state index is 0.0195. The molecule has 0 aliphatic carbocycles. The largest absolute Gasteiger partial charge is 0.496 e. The molecule has 0 N–H and O–H groups in total. The van der Waals surface area contributed by atoms with Crippen LogP contribution in [0.5, 0.6) is 5.75 Å². The molecule has 2 heteroatoms. The zero-order chi connectivity index (χ0) is 13.7. The number of hydrogen-bond acceptors (Lipinski definition) is 1. The van der Waals surface area contributed by atoms with Gasteiger partial charge in [0.15, 0.2) is 0 Å². The van der Waals surface area contributed by atoms with Crippen LogP contribution in [-0.4, -0.2) is 7.11 Å². The summed E-state index contributed by atoms with van der Waals surface area (Å²) >= 11 is 6.56. The zero-order valence-corrected chi connectivity index (χ0v) is 12.1. The fourth-order valence-electron chi connectivity index (χ4n) is 2.29. The Hall–Kier alpha value is -1.47. The van der Waals surface area contributed by atoms with Gasteiger partial charge in [-0.05, 0) is 29.5 Å². The van der Waals surface area contributed by atoms with E-state index < -0.39 is 0 Å². The van der Waals surface area contributed by atoms with E-state index in [1.54, 1.807) is 7.11 Å². The van der Waals surface area contributed by atoms with E-state index in [-0.39, 0.29) is 5.38 Å². The van der Waals surface area contributed by atoms with Crippen LogP contribution < -0.4 is 4.74 Å². The van der Waals surface area contributed by atoms with E-state index in [9.17, 15) is 0 Å². The monoisotopic (exact) mass is 274 g/mol. The van der Waals surface area contributed by atoms with Crippen LogP contribution in [0.25, 0.3) is 0 Å². The van der Waals surface area contributed by atoms with Crippen molar-refractivity contribution in [3.8, 4) is 5.75 Å². The number of benzene rings is 2. The minimum atomic E-state index is 0.0195. The first-order chi connectivity index (χ1) is 9.22. The van der Waals surface area contributed by atoms with Crippen molar-refractivity contribution in [2.75, 3.05) is 7.11 Å². The van der Waals surface area contributed by atoms with Crippen LogP contribution in [-0.2, 0) is 6.42 Å². The Bertz CT molecular complexity index is 510. The molecule has 0 amide bonds. The Morgan fingerprint density at radius 1 is 1.00 bits per heavy atom. The van der Waals surface area contributed by atoms with E-state index in [1.807, 2.05) is 36.4 Å². The number of halogens is 1. The van der Waals surface area contributed by atoms with Gasteiger partial charge in [0.1, 0.15) is 5.75 Å². The van der Waals surface area contributed by atoms with Crippen molar-refractivity contribution in [1.82, 2.24) is 0 Å². The van der Waals surface area contributed by atoms with Crippen LogP contribution in [0.2, 0.25) is 0 Å². The molecule has 0 saturated heterocycles. The molecule has 100 valence electrons. The van der Waals surface area contributed by atoms with Crippen LogP contribution in [0.4, 0.5) is 0 Å². The maximum absolute atomic E-state index is 6.56. The second kappa shape index (κ2) is 6.63. The summed E-state index contributed by atoms with van der Waals surface area (Å²) in [6, 6.07) is 18.3. The van der Waals surface area contributed by atoms with E-state index in [2.05, 4.69) is 25.1 Å². The molecule has 0 aliphatic heterocycles. The van der Waals surface area contributed by atoms with Crippen molar-refractivity contribution in [2.24, 2.45) is 5.92 Å². The zero-order valence-electron chi connectivity index (χ0n) is 11.3. The predicted molar refractivity (Wildman–Crippen MR) is 80.9 cm³/mol. The SMILES string of the molecule is COc1ccccc1CC(C)C(Cl)c1ccccc1. The normalized spacial score (nSPS) is 13.8. The van der Waals surface area contributed by atoms with E-state index in [4.69, 9.17) is 16.3 Å². The molecule has 2 rings (SSSR count). The molecular weight excluding hydrogens is 256 g/mol. The lowest BCUT2D eigenvalue weighted by Crippen LogP contribution is -2.08. The van der Waals surface area contributed by atoms with E-state index in [0.29, 0.717) is 5.92 Å². The quantitative estimate of drug-likeness (QED) is 0.708. The summed E-state index contributed by atoms with van der Waals surface area (Å²) in [6.07, 6.45) is 0.910. The number of rotatable bonds is 5. The van der Waals surface area contributed by atoms with Gasteiger partial charge in [0.05, 0.1) is 12.5 Å². The van der Waals surface area contributed by atoms with Crippen molar-refractivity contribution in [1.29, 1.82) is 0 Å². The third-order valence-electron chi connectivity index (χ3n) is 3.35. The van der Waals surface area contributed by atoms with Crippen molar-refractivity contribution in [2.45, 2.75) is 18.7 Å². The minimum Gasteiger partial charge on any atom is -0.496 e. The molecule has 0 aliphatic rings. The van der Waals surface area contributed by atoms with Crippen LogP contribution in [0.1, 0.15) is 23.4 Å². The van der Waals surface area contributed by atoms with Gasteiger partial charge >= 0.3 is 0 Å². The average molecular weight is 275 g/mol. The summed E-state index contributed by atoms with van der Waals surface area (Å²) < 4.78 is 5.39. The van der Waals surface area contributed by atoms with Crippen molar-refractivity contribution < 1.29 is 4.74 Å². The van der Waals surface area contributed by atoms with Gasteiger partial charge < -0.3 is 4.74 Å². The van der Waals surface area contributed by atoms with Crippen LogP contribution in [0.3, 0.4) is 0 Å². The van der Waals surface area contributed by atoms with Crippen molar-refractivity contribution in [3.63, 3.8) is 0 Å². The predicted octanol–water partition coefficient (Wildman–Crippen LogP) is 4.85. The van der Waals surface area contributed by atoms with Crippen LogP contribution >= 0.6 is 11.6 Å². The summed E-state index contributed by atoms with van der Waals surface area (Å²) in [5.41, 5.74) is 2.38. The number of ether oxygens (including phenoxy) is 1. The molecule has 0 fully saturated rings. The topological polar surface area (TPSA) is 9.23 Å². The Balaban J connectivity index is 2.10. The van der Waals surface area contributed by atoms with E-state index in [1.165, 1.54) is 11.1 Å². The molecule has 0 spiro atoms. The molecule has 2 atom stereocenters. The van der Waals surface area contributed by atoms with Gasteiger partial charge in [0, 0.05) is 0 Å². The molecule has 0 radical (unpaired) electrons. The Morgan fingerprint density at radius 2 is 1.63 bits per heavy atom. The maximum Gasteiger partial charge on any atom is 0.122 e. The van der Waals surface area contributed by atoms with Gasteiger partial charge in [0.2, 0.25) is 0 Å². The van der Waals surface area contributed by atoms with Gasteiger partial charge in [-0.25, -0.2) is 0 Å². The molecule has 0 aromatic heterocycles. The van der Waals surface area contributed by atoms with Gasteiger partial charge in [-0.2, -0.15) is 0 Å². The molecule has 0 heterocycles. The van der Waals surface area contributed by atoms with Gasteiger partial charge in [-0.1, -0.05) is 55.5 Å². The Labute approximate surface area is 120 Å².